The zero-order valence-electron chi connectivity index (χ0n) is 9.80. The van der Waals surface area contributed by atoms with Crippen molar-refractivity contribution in [3.8, 4) is 0 Å². The molecule has 1 amide bonds. The monoisotopic (exact) mass is 269 g/mol. The van der Waals surface area contributed by atoms with E-state index in [0.29, 0.717) is 12.5 Å². The number of pyridine rings is 1. The van der Waals surface area contributed by atoms with Crippen molar-refractivity contribution >= 4 is 23.2 Å². The second-order valence-corrected chi connectivity index (χ2v) is 4.80. The third-order valence-corrected chi connectivity index (χ3v) is 3.06. The van der Waals surface area contributed by atoms with E-state index in [9.17, 15) is 14.9 Å². The Morgan fingerprint density at radius 2 is 2.33 bits per heavy atom. The van der Waals surface area contributed by atoms with Crippen LogP contribution in [0.1, 0.15) is 23.2 Å². The highest BCUT2D eigenvalue weighted by molar-refractivity contribution is 6.29. The highest BCUT2D eigenvalue weighted by Gasteiger charge is 2.28. The minimum absolute atomic E-state index is 0.0110. The summed E-state index contributed by atoms with van der Waals surface area (Å²) in [6.07, 6.45) is 3.23. The number of nitro groups is 1. The highest BCUT2D eigenvalue weighted by atomic mass is 35.5. The van der Waals surface area contributed by atoms with Gasteiger partial charge in [0.1, 0.15) is 16.9 Å². The van der Waals surface area contributed by atoms with Crippen LogP contribution in [-0.2, 0) is 0 Å². The summed E-state index contributed by atoms with van der Waals surface area (Å²) < 4.78 is 0. The first kappa shape index (κ1) is 12.8. The molecule has 1 aliphatic rings. The van der Waals surface area contributed by atoms with Crippen LogP contribution in [-0.4, -0.2) is 34.3 Å². The summed E-state index contributed by atoms with van der Waals surface area (Å²) in [5.41, 5.74) is -0.324. The molecule has 18 heavy (non-hydrogen) atoms. The molecule has 6 nitrogen and oxygen atoms in total. The Morgan fingerprint density at radius 3 is 2.89 bits per heavy atom. The Kier molecular flexibility index (Phi) is 3.47. The Balaban J connectivity index is 2.26. The largest absolute Gasteiger partial charge is 0.341 e. The van der Waals surface area contributed by atoms with E-state index >= 15 is 0 Å². The lowest BCUT2D eigenvalue weighted by atomic mass is 10.2. The van der Waals surface area contributed by atoms with E-state index in [0.717, 1.165) is 19.0 Å². The van der Waals surface area contributed by atoms with E-state index in [1.165, 1.54) is 11.0 Å². The molecule has 1 saturated carbocycles. The van der Waals surface area contributed by atoms with Crippen LogP contribution in [0.3, 0.4) is 0 Å². The number of hydrogen-bond donors (Lipinski definition) is 0. The summed E-state index contributed by atoms with van der Waals surface area (Å²) in [5.74, 6) is 0.133. The van der Waals surface area contributed by atoms with Crippen LogP contribution in [0.2, 0.25) is 5.15 Å². The van der Waals surface area contributed by atoms with E-state index < -0.39 is 10.8 Å². The van der Waals surface area contributed by atoms with Crippen molar-refractivity contribution in [3.05, 3.63) is 33.1 Å². The van der Waals surface area contributed by atoms with Crippen molar-refractivity contribution in [2.45, 2.75) is 12.8 Å². The fraction of sp³-hybridized carbons (Fsp3) is 0.455. The van der Waals surface area contributed by atoms with Crippen LogP contribution in [0.5, 0.6) is 0 Å². The second-order valence-electron chi connectivity index (χ2n) is 4.41. The van der Waals surface area contributed by atoms with Gasteiger partial charge in [-0.3, -0.25) is 14.9 Å². The van der Waals surface area contributed by atoms with Gasteiger partial charge in [0.15, 0.2) is 0 Å². The quantitative estimate of drug-likeness (QED) is 0.477. The van der Waals surface area contributed by atoms with Gasteiger partial charge in [-0.1, -0.05) is 11.6 Å². The summed E-state index contributed by atoms with van der Waals surface area (Å²) in [7, 11) is 1.64. The number of hydrogen-bond acceptors (Lipinski definition) is 4. The maximum atomic E-state index is 12.1. The highest BCUT2D eigenvalue weighted by Crippen LogP contribution is 2.30. The van der Waals surface area contributed by atoms with Gasteiger partial charge < -0.3 is 4.90 Å². The SMILES string of the molecule is CN(CC1CC1)C(=O)c1cc(Cl)ncc1[N+](=O)[O-]. The Hall–Kier alpha value is -1.69. The van der Waals surface area contributed by atoms with Crippen molar-refractivity contribution in [1.29, 1.82) is 0 Å². The van der Waals surface area contributed by atoms with Gasteiger partial charge in [0.2, 0.25) is 0 Å². The zero-order valence-corrected chi connectivity index (χ0v) is 10.6. The van der Waals surface area contributed by atoms with Gasteiger partial charge in [-0.2, -0.15) is 0 Å². The van der Waals surface area contributed by atoms with Crippen molar-refractivity contribution < 1.29 is 9.72 Å². The number of nitrogens with zero attached hydrogens (tertiary/aromatic N) is 3. The van der Waals surface area contributed by atoms with Gasteiger partial charge in [0.25, 0.3) is 11.6 Å². The molecular formula is C11H12ClN3O3. The summed E-state index contributed by atoms with van der Waals surface area (Å²) in [6, 6.07) is 1.24. The zero-order chi connectivity index (χ0) is 13.3. The number of carbonyl (C=O) groups is 1. The normalized spacial score (nSPS) is 14.3. The van der Waals surface area contributed by atoms with Crippen LogP contribution in [0.4, 0.5) is 5.69 Å². The van der Waals surface area contributed by atoms with E-state index in [1.807, 2.05) is 0 Å². The van der Waals surface area contributed by atoms with Crippen LogP contribution in [0.25, 0.3) is 0 Å². The first-order valence-corrected chi connectivity index (χ1v) is 5.92. The average molecular weight is 270 g/mol. The van der Waals surface area contributed by atoms with Crippen LogP contribution >= 0.6 is 11.6 Å². The molecule has 1 fully saturated rings. The summed E-state index contributed by atoms with van der Waals surface area (Å²) in [4.78, 5) is 27.5. The number of aromatic nitrogens is 1. The number of amides is 1. The van der Waals surface area contributed by atoms with Crippen LogP contribution in [0.15, 0.2) is 12.3 Å². The molecule has 1 heterocycles. The molecule has 1 aliphatic carbocycles. The van der Waals surface area contributed by atoms with Crippen LogP contribution < -0.4 is 0 Å². The van der Waals surface area contributed by atoms with Crippen molar-refractivity contribution in [1.82, 2.24) is 9.88 Å². The number of carbonyl (C=O) groups excluding carboxylic acids is 1. The fourth-order valence-electron chi connectivity index (χ4n) is 1.72. The van der Waals surface area contributed by atoms with Crippen molar-refractivity contribution in [2.24, 2.45) is 5.92 Å². The molecule has 0 aliphatic heterocycles. The van der Waals surface area contributed by atoms with Gasteiger partial charge in [-0.15, -0.1) is 0 Å². The Bertz CT molecular complexity index is 502. The minimum atomic E-state index is -0.623. The van der Waals surface area contributed by atoms with E-state index in [4.69, 9.17) is 11.6 Å². The number of rotatable bonds is 4. The maximum absolute atomic E-state index is 12.1. The van der Waals surface area contributed by atoms with E-state index in [1.54, 1.807) is 7.05 Å². The topological polar surface area (TPSA) is 76.3 Å². The van der Waals surface area contributed by atoms with Gasteiger partial charge >= 0.3 is 0 Å². The molecular weight excluding hydrogens is 258 g/mol. The molecule has 0 aromatic carbocycles. The molecule has 0 bridgehead atoms. The lowest BCUT2D eigenvalue weighted by Crippen LogP contribution is -2.29. The van der Waals surface area contributed by atoms with Gasteiger partial charge in [-0.25, -0.2) is 4.98 Å². The Morgan fingerprint density at radius 1 is 1.67 bits per heavy atom. The molecule has 2 rings (SSSR count). The molecule has 96 valence electrons. The molecule has 0 unspecified atom stereocenters. The molecule has 0 spiro atoms. The van der Waals surface area contributed by atoms with Crippen molar-refractivity contribution in [2.75, 3.05) is 13.6 Å². The smallest absolute Gasteiger partial charge is 0.300 e. The summed E-state index contributed by atoms with van der Waals surface area (Å²) in [6.45, 7) is 0.621. The molecule has 1 aromatic heterocycles. The Labute approximate surface area is 109 Å². The van der Waals surface area contributed by atoms with Gasteiger partial charge in [-0.05, 0) is 24.8 Å². The van der Waals surface area contributed by atoms with Crippen molar-refractivity contribution in [3.63, 3.8) is 0 Å². The molecule has 1 aromatic rings. The van der Waals surface area contributed by atoms with Gasteiger partial charge in [0.05, 0.1) is 4.92 Å². The third-order valence-electron chi connectivity index (χ3n) is 2.85. The fourth-order valence-corrected chi connectivity index (χ4v) is 1.87. The summed E-state index contributed by atoms with van der Waals surface area (Å²) in [5, 5.41) is 10.9. The molecule has 0 radical (unpaired) electrons. The predicted molar refractivity (Wildman–Crippen MR) is 65.6 cm³/mol. The van der Waals surface area contributed by atoms with E-state index in [-0.39, 0.29) is 16.4 Å². The summed E-state index contributed by atoms with van der Waals surface area (Å²) >= 11 is 5.68. The average Bonchev–Trinajstić information content (AvgIpc) is 3.11. The molecule has 0 atom stereocenters. The molecule has 7 heteroatoms. The van der Waals surface area contributed by atoms with Gasteiger partial charge in [0, 0.05) is 13.6 Å². The molecule has 0 saturated heterocycles. The standard InChI is InChI=1S/C11H12ClN3O3/c1-14(6-7-2-3-7)11(16)8-4-10(12)13-5-9(8)15(17)18/h4-5,7H,2-3,6H2,1H3. The first-order chi connectivity index (χ1) is 8.49. The van der Waals surface area contributed by atoms with E-state index in [2.05, 4.69) is 4.98 Å². The lowest BCUT2D eigenvalue weighted by molar-refractivity contribution is -0.385. The predicted octanol–water partition coefficient (Wildman–Crippen LogP) is 2.13. The third kappa shape index (κ3) is 2.76. The second kappa shape index (κ2) is 4.89. The molecule has 0 N–H and O–H groups in total. The van der Waals surface area contributed by atoms with Crippen LogP contribution in [0, 0.1) is 16.0 Å². The minimum Gasteiger partial charge on any atom is -0.341 e. The first-order valence-electron chi connectivity index (χ1n) is 5.54. The maximum Gasteiger partial charge on any atom is 0.300 e. The lowest BCUT2D eigenvalue weighted by Gasteiger charge is -2.16. The number of halogens is 1.